The fourth-order valence-corrected chi connectivity index (χ4v) is 1.93. The SMILES string of the molecule is Nc1cc(COc2ccccc2CCO)ccc1Cl. The van der Waals surface area contributed by atoms with Crippen molar-refractivity contribution in [1.29, 1.82) is 0 Å². The first-order valence-corrected chi connectivity index (χ1v) is 6.44. The van der Waals surface area contributed by atoms with E-state index in [0.717, 1.165) is 16.9 Å². The summed E-state index contributed by atoms with van der Waals surface area (Å²) in [5, 5.41) is 9.56. The average Bonchev–Trinajstić information content (AvgIpc) is 2.42. The monoisotopic (exact) mass is 277 g/mol. The lowest BCUT2D eigenvalue weighted by Gasteiger charge is -2.11. The topological polar surface area (TPSA) is 55.5 Å². The molecule has 0 unspecified atom stereocenters. The Morgan fingerprint density at radius 2 is 1.95 bits per heavy atom. The fourth-order valence-electron chi connectivity index (χ4n) is 1.82. The molecule has 2 aromatic rings. The molecular formula is C15H16ClNO2. The van der Waals surface area contributed by atoms with E-state index in [9.17, 15) is 0 Å². The van der Waals surface area contributed by atoms with Gasteiger partial charge in [0.05, 0.1) is 10.7 Å². The van der Waals surface area contributed by atoms with Crippen molar-refractivity contribution >= 4 is 17.3 Å². The Kier molecular flexibility index (Phi) is 4.66. The standard InChI is InChI=1S/C15H16ClNO2/c16-13-6-5-11(9-14(13)17)10-19-15-4-2-1-3-12(15)7-8-18/h1-6,9,18H,7-8,10,17H2. The first-order valence-electron chi connectivity index (χ1n) is 6.06. The van der Waals surface area contributed by atoms with Crippen LogP contribution in [-0.2, 0) is 13.0 Å². The van der Waals surface area contributed by atoms with Crippen LogP contribution in [0.1, 0.15) is 11.1 Å². The number of nitrogen functional groups attached to an aromatic ring is 1. The van der Waals surface area contributed by atoms with Gasteiger partial charge in [-0.3, -0.25) is 0 Å². The van der Waals surface area contributed by atoms with Gasteiger partial charge in [0, 0.05) is 6.61 Å². The van der Waals surface area contributed by atoms with E-state index in [4.69, 9.17) is 27.2 Å². The van der Waals surface area contributed by atoms with Crippen molar-refractivity contribution in [3.63, 3.8) is 0 Å². The maximum absolute atomic E-state index is 9.01. The van der Waals surface area contributed by atoms with E-state index in [1.165, 1.54) is 0 Å². The highest BCUT2D eigenvalue weighted by atomic mass is 35.5. The van der Waals surface area contributed by atoms with Gasteiger partial charge in [-0.15, -0.1) is 0 Å². The number of rotatable bonds is 5. The molecular weight excluding hydrogens is 262 g/mol. The third-order valence-corrected chi connectivity index (χ3v) is 3.15. The number of nitrogens with two attached hydrogens (primary N) is 1. The second kappa shape index (κ2) is 6.45. The van der Waals surface area contributed by atoms with Crippen LogP contribution in [0.15, 0.2) is 42.5 Å². The normalized spacial score (nSPS) is 10.4. The molecule has 0 aliphatic heterocycles. The lowest BCUT2D eigenvalue weighted by molar-refractivity contribution is 0.284. The molecule has 3 N–H and O–H groups in total. The lowest BCUT2D eigenvalue weighted by Crippen LogP contribution is -2.01. The van der Waals surface area contributed by atoms with Crippen molar-refractivity contribution in [2.45, 2.75) is 13.0 Å². The van der Waals surface area contributed by atoms with E-state index in [2.05, 4.69) is 0 Å². The number of para-hydroxylation sites is 1. The van der Waals surface area contributed by atoms with Gasteiger partial charge in [-0.05, 0) is 35.7 Å². The van der Waals surface area contributed by atoms with Gasteiger partial charge in [0.2, 0.25) is 0 Å². The lowest BCUT2D eigenvalue weighted by atomic mass is 10.1. The van der Waals surface area contributed by atoms with Crippen molar-refractivity contribution < 1.29 is 9.84 Å². The van der Waals surface area contributed by atoms with Crippen LogP contribution in [-0.4, -0.2) is 11.7 Å². The van der Waals surface area contributed by atoms with Gasteiger partial charge in [0.15, 0.2) is 0 Å². The molecule has 0 saturated heterocycles. The van der Waals surface area contributed by atoms with E-state index in [0.29, 0.717) is 23.7 Å². The first-order chi connectivity index (χ1) is 9.20. The molecule has 0 heterocycles. The molecule has 0 saturated carbocycles. The van der Waals surface area contributed by atoms with Crippen molar-refractivity contribution in [3.8, 4) is 5.75 Å². The van der Waals surface area contributed by atoms with Crippen LogP contribution in [0.4, 0.5) is 5.69 Å². The predicted octanol–water partition coefficient (Wildman–Crippen LogP) is 3.04. The Labute approximate surface area is 117 Å². The summed E-state index contributed by atoms with van der Waals surface area (Å²) in [5.41, 5.74) is 8.25. The Morgan fingerprint density at radius 1 is 1.16 bits per heavy atom. The fraction of sp³-hybridized carbons (Fsp3) is 0.200. The quantitative estimate of drug-likeness (QED) is 0.826. The summed E-state index contributed by atoms with van der Waals surface area (Å²) in [6, 6.07) is 13.1. The van der Waals surface area contributed by atoms with Gasteiger partial charge in [-0.25, -0.2) is 0 Å². The maximum atomic E-state index is 9.01. The highest BCUT2D eigenvalue weighted by Crippen LogP contribution is 2.22. The number of ether oxygens (including phenoxy) is 1. The molecule has 4 heteroatoms. The Morgan fingerprint density at radius 3 is 2.68 bits per heavy atom. The molecule has 0 fully saturated rings. The second-order valence-electron chi connectivity index (χ2n) is 4.23. The molecule has 2 aromatic carbocycles. The van der Waals surface area contributed by atoms with Crippen LogP contribution < -0.4 is 10.5 Å². The molecule has 3 nitrogen and oxygen atoms in total. The minimum atomic E-state index is 0.105. The van der Waals surface area contributed by atoms with Gasteiger partial charge in [-0.2, -0.15) is 0 Å². The van der Waals surface area contributed by atoms with E-state index in [-0.39, 0.29) is 6.61 Å². The van der Waals surface area contributed by atoms with Crippen molar-refractivity contribution in [2.75, 3.05) is 12.3 Å². The Hall–Kier alpha value is -1.71. The maximum Gasteiger partial charge on any atom is 0.123 e. The van der Waals surface area contributed by atoms with Crippen molar-refractivity contribution in [3.05, 3.63) is 58.6 Å². The van der Waals surface area contributed by atoms with Gasteiger partial charge < -0.3 is 15.6 Å². The average molecular weight is 278 g/mol. The zero-order valence-electron chi connectivity index (χ0n) is 10.5. The molecule has 0 atom stereocenters. The van der Waals surface area contributed by atoms with Gasteiger partial charge in [0.1, 0.15) is 12.4 Å². The number of benzene rings is 2. The third-order valence-electron chi connectivity index (χ3n) is 2.81. The van der Waals surface area contributed by atoms with Crippen LogP contribution in [0.3, 0.4) is 0 Å². The summed E-state index contributed by atoms with van der Waals surface area (Å²) < 4.78 is 5.76. The summed E-state index contributed by atoms with van der Waals surface area (Å²) >= 11 is 5.87. The molecule has 100 valence electrons. The Balaban J connectivity index is 2.07. The molecule has 0 aliphatic rings. The highest BCUT2D eigenvalue weighted by molar-refractivity contribution is 6.33. The van der Waals surface area contributed by atoms with Crippen LogP contribution >= 0.6 is 11.6 Å². The second-order valence-corrected chi connectivity index (χ2v) is 4.63. The van der Waals surface area contributed by atoms with E-state index < -0.39 is 0 Å². The highest BCUT2D eigenvalue weighted by Gasteiger charge is 2.04. The summed E-state index contributed by atoms with van der Waals surface area (Å²) in [5.74, 6) is 0.782. The van der Waals surface area contributed by atoms with Crippen LogP contribution in [0, 0.1) is 0 Å². The summed E-state index contributed by atoms with van der Waals surface area (Å²) in [6.07, 6.45) is 0.582. The number of halogens is 1. The molecule has 0 spiro atoms. The molecule has 0 radical (unpaired) electrons. The van der Waals surface area contributed by atoms with Gasteiger partial charge in [0.25, 0.3) is 0 Å². The van der Waals surface area contributed by atoms with E-state index in [1.807, 2.05) is 30.3 Å². The van der Waals surface area contributed by atoms with Crippen LogP contribution in [0.25, 0.3) is 0 Å². The first kappa shape index (κ1) is 13.7. The number of aliphatic hydroxyl groups is 1. The summed E-state index contributed by atoms with van der Waals surface area (Å²) in [4.78, 5) is 0. The number of anilines is 1. The smallest absolute Gasteiger partial charge is 0.123 e. The zero-order chi connectivity index (χ0) is 13.7. The molecule has 0 amide bonds. The minimum absolute atomic E-state index is 0.105. The molecule has 0 aromatic heterocycles. The van der Waals surface area contributed by atoms with E-state index in [1.54, 1.807) is 12.1 Å². The number of hydrogen-bond donors (Lipinski definition) is 2. The Bertz CT molecular complexity index is 558. The number of aliphatic hydroxyl groups excluding tert-OH is 1. The van der Waals surface area contributed by atoms with Crippen molar-refractivity contribution in [1.82, 2.24) is 0 Å². The molecule has 0 bridgehead atoms. The van der Waals surface area contributed by atoms with Crippen LogP contribution in [0.2, 0.25) is 5.02 Å². The molecule has 0 aliphatic carbocycles. The predicted molar refractivity (Wildman–Crippen MR) is 77.4 cm³/mol. The minimum Gasteiger partial charge on any atom is -0.489 e. The summed E-state index contributed by atoms with van der Waals surface area (Å²) in [7, 11) is 0. The van der Waals surface area contributed by atoms with Gasteiger partial charge in [-0.1, -0.05) is 35.9 Å². The van der Waals surface area contributed by atoms with E-state index >= 15 is 0 Å². The van der Waals surface area contributed by atoms with Crippen molar-refractivity contribution in [2.24, 2.45) is 0 Å². The largest absolute Gasteiger partial charge is 0.489 e. The van der Waals surface area contributed by atoms with Crippen LogP contribution in [0.5, 0.6) is 5.75 Å². The summed E-state index contributed by atoms with van der Waals surface area (Å²) in [6.45, 7) is 0.526. The molecule has 2 rings (SSSR count). The molecule has 19 heavy (non-hydrogen) atoms. The van der Waals surface area contributed by atoms with Gasteiger partial charge >= 0.3 is 0 Å². The zero-order valence-corrected chi connectivity index (χ0v) is 11.2. The third kappa shape index (κ3) is 3.63. The number of hydrogen-bond acceptors (Lipinski definition) is 3.